The Morgan fingerprint density at radius 3 is 2.02 bits per heavy atom. The summed E-state index contributed by atoms with van der Waals surface area (Å²) in [7, 11) is 0. The van der Waals surface area contributed by atoms with Crippen LogP contribution in [-0.4, -0.2) is 42.5 Å². The monoisotopic (exact) mass is 598 g/mol. The van der Waals surface area contributed by atoms with Crippen molar-refractivity contribution in [2.75, 3.05) is 19.6 Å². The van der Waals surface area contributed by atoms with Gasteiger partial charge in [0.05, 0.1) is 23.3 Å². The third-order valence-corrected chi connectivity index (χ3v) is 8.35. The Kier molecular flexibility index (Phi) is 9.90. The molecule has 2 fully saturated rings. The van der Waals surface area contributed by atoms with Crippen molar-refractivity contribution >= 4 is 11.8 Å². The summed E-state index contributed by atoms with van der Waals surface area (Å²) < 4.78 is 86.9. The molecule has 5 nitrogen and oxygen atoms in total. The molecule has 2 aromatic carbocycles. The van der Waals surface area contributed by atoms with Gasteiger partial charge in [0.1, 0.15) is 0 Å². The number of benzene rings is 2. The van der Waals surface area contributed by atoms with Gasteiger partial charge in [-0.25, -0.2) is 0 Å². The molecule has 1 heterocycles. The van der Waals surface area contributed by atoms with E-state index in [0.717, 1.165) is 5.56 Å². The lowest BCUT2D eigenvalue weighted by atomic mass is 9.80. The lowest BCUT2D eigenvalue weighted by molar-refractivity contribution is -0.143. The second-order valence-corrected chi connectivity index (χ2v) is 11.2. The molecule has 3 atom stereocenters. The van der Waals surface area contributed by atoms with E-state index in [0.29, 0.717) is 63.9 Å². The Morgan fingerprint density at radius 1 is 0.905 bits per heavy atom. The van der Waals surface area contributed by atoms with Gasteiger partial charge in [-0.1, -0.05) is 30.3 Å². The maximum atomic E-state index is 13.5. The molecule has 4 rings (SSSR count). The predicted molar refractivity (Wildman–Crippen MR) is 144 cm³/mol. The minimum Gasteiger partial charge on any atom is -0.370 e. The normalized spacial score (nSPS) is 24.2. The molecule has 1 aliphatic carbocycles. The summed E-state index contributed by atoms with van der Waals surface area (Å²) in [5, 5.41) is 2.84. The quantitative estimate of drug-likeness (QED) is 0.345. The highest BCUT2D eigenvalue weighted by Crippen LogP contribution is 2.40. The first-order valence-electron chi connectivity index (χ1n) is 14.3. The Morgan fingerprint density at radius 2 is 1.48 bits per heavy atom. The Bertz CT molecular complexity index is 1190. The summed E-state index contributed by atoms with van der Waals surface area (Å²) in [6, 6.07) is 10.8. The number of likely N-dealkylation sites (tertiary alicyclic amines) is 1. The lowest BCUT2D eigenvalue weighted by Crippen LogP contribution is -2.48. The van der Waals surface area contributed by atoms with Crippen molar-refractivity contribution < 1.29 is 40.7 Å². The van der Waals surface area contributed by atoms with Crippen LogP contribution in [0.4, 0.5) is 26.3 Å². The van der Waals surface area contributed by atoms with E-state index < -0.39 is 35.7 Å². The molecular weight excluding hydrogens is 562 g/mol. The SMILES string of the molecule is CCNC(=O)C1CCC(C(=O)N2CC[C@H](O[C@H](C)c3cc(C(F)(F)F)cc(C(F)(F)F)c3)[C@H](c3ccccc3)C2)CC1. The predicted octanol–water partition coefficient (Wildman–Crippen LogP) is 7.13. The van der Waals surface area contributed by atoms with Crippen LogP contribution < -0.4 is 5.32 Å². The summed E-state index contributed by atoms with van der Waals surface area (Å²) in [4.78, 5) is 27.5. The number of alkyl halides is 6. The van der Waals surface area contributed by atoms with Crippen molar-refractivity contribution in [3.8, 4) is 0 Å². The Hall–Kier alpha value is -3.08. The molecule has 11 heteroatoms. The third-order valence-electron chi connectivity index (χ3n) is 8.35. The fourth-order valence-electron chi connectivity index (χ4n) is 6.05. The van der Waals surface area contributed by atoms with Crippen LogP contribution in [0.5, 0.6) is 0 Å². The number of nitrogens with zero attached hydrogens (tertiary/aromatic N) is 1. The van der Waals surface area contributed by atoms with Gasteiger partial charge in [0.2, 0.25) is 11.8 Å². The zero-order valence-electron chi connectivity index (χ0n) is 23.6. The fraction of sp³-hybridized carbons (Fsp3) is 0.548. The van der Waals surface area contributed by atoms with Crippen LogP contribution in [0.25, 0.3) is 0 Å². The van der Waals surface area contributed by atoms with E-state index in [4.69, 9.17) is 4.74 Å². The zero-order chi connectivity index (χ0) is 30.7. The van der Waals surface area contributed by atoms with Crippen molar-refractivity contribution in [3.05, 3.63) is 70.8 Å². The number of piperidine rings is 1. The van der Waals surface area contributed by atoms with Gasteiger partial charge < -0.3 is 15.0 Å². The summed E-state index contributed by atoms with van der Waals surface area (Å²) in [6.07, 6.45) is -8.63. The molecule has 1 saturated heterocycles. The molecule has 42 heavy (non-hydrogen) atoms. The van der Waals surface area contributed by atoms with Gasteiger partial charge in [0, 0.05) is 37.4 Å². The van der Waals surface area contributed by atoms with E-state index >= 15 is 0 Å². The molecule has 0 unspecified atom stereocenters. The van der Waals surface area contributed by atoms with E-state index in [1.807, 2.05) is 37.3 Å². The molecule has 1 N–H and O–H groups in total. The van der Waals surface area contributed by atoms with Crippen LogP contribution in [-0.2, 0) is 26.7 Å². The van der Waals surface area contributed by atoms with Crippen LogP contribution in [0.2, 0.25) is 0 Å². The van der Waals surface area contributed by atoms with Gasteiger partial charge in [0.25, 0.3) is 0 Å². The first kappa shape index (κ1) is 31.8. The smallest absolute Gasteiger partial charge is 0.370 e. The minimum atomic E-state index is -4.95. The van der Waals surface area contributed by atoms with Gasteiger partial charge in [-0.2, -0.15) is 26.3 Å². The zero-order valence-corrected chi connectivity index (χ0v) is 23.6. The molecule has 1 aliphatic heterocycles. The average molecular weight is 599 g/mol. The van der Waals surface area contributed by atoms with Gasteiger partial charge in [-0.15, -0.1) is 0 Å². The largest absolute Gasteiger partial charge is 0.416 e. The maximum Gasteiger partial charge on any atom is 0.416 e. The van der Waals surface area contributed by atoms with Gasteiger partial charge in [-0.05, 0) is 75.3 Å². The van der Waals surface area contributed by atoms with Crippen molar-refractivity contribution in [2.24, 2.45) is 11.8 Å². The molecule has 0 bridgehead atoms. The summed E-state index contributed by atoms with van der Waals surface area (Å²) >= 11 is 0. The van der Waals surface area contributed by atoms with E-state index in [-0.39, 0.29) is 41.2 Å². The molecule has 230 valence electrons. The van der Waals surface area contributed by atoms with Crippen LogP contribution in [0.15, 0.2) is 48.5 Å². The number of carbonyl (C=O) groups is 2. The Balaban J connectivity index is 1.50. The van der Waals surface area contributed by atoms with Gasteiger partial charge in [-0.3, -0.25) is 9.59 Å². The first-order valence-corrected chi connectivity index (χ1v) is 14.3. The summed E-state index contributed by atoms with van der Waals surface area (Å²) in [6.45, 7) is 4.54. The fourth-order valence-corrected chi connectivity index (χ4v) is 6.05. The number of carbonyl (C=O) groups excluding carboxylic acids is 2. The second-order valence-electron chi connectivity index (χ2n) is 11.2. The van der Waals surface area contributed by atoms with E-state index in [1.54, 1.807) is 4.90 Å². The van der Waals surface area contributed by atoms with Crippen LogP contribution in [0.3, 0.4) is 0 Å². The number of ether oxygens (including phenoxy) is 1. The molecule has 0 spiro atoms. The first-order chi connectivity index (χ1) is 19.8. The highest BCUT2D eigenvalue weighted by Gasteiger charge is 2.40. The molecule has 2 amide bonds. The van der Waals surface area contributed by atoms with Crippen molar-refractivity contribution in [1.29, 1.82) is 0 Å². The summed E-state index contributed by atoms with van der Waals surface area (Å²) in [5.74, 6) is -0.604. The van der Waals surface area contributed by atoms with Crippen LogP contribution in [0.1, 0.15) is 80.2 Å². The van der Waals surface area contributed by atoms with E-state index in [9.17, 15) is 35.9 Å². The number of nitrogens with one attached hydrogen (secondary N) is 1. The number of amides is 2. The second kappa shape index (κ2) is 13.1. The van der Waals surface area contributed by atoms with Crippen LogP contribution in [0, 0.1) is 11.8 Å². The van der Waals surface area contributed by atoms with E-state index in [1.165, 1.54) is 6.92 Å². The lowest BCUT2D eigenvalue weighted by Gasteiger charge is -2.41. The number of rotatable bonds is 7. The van der Waals surface area contributed by atoms with Crippen LogP contribution >= 0.6 is 0 Å². The number of hydrogen-bond donors (Lipinski definition) is 1. The van der Waals surface area contributed by atoms with Crippen molar-refractivity contribution in [3.63, 3.8) is 0 Å². The van der Waals surface area contributed by atoms with E-state index in [2.05, 4.69) is 5.32 Å². The highest BCUT2D eigenvalue weighted by atomic mass is 19.4. The topological polar surface area (TPSA) is 58.6 Å². The highest BCUT2D eigenvalue weighted by molar-refractivity contribution is 5.81. The Labute approximate surface area is 241 Å². The number of hydrogen-bond acceptors (Lipinski definition) is 3. The van der Waals surface area contributed by atoms with Gasteiger partial charge in [0.15, 0.2) is 0 Å². The minimum absolute atomic E-state index is 0.00415. The molecular formula is C31H36F6N2O3. The van der Waals surface area contributed by atoms with Crippen molar-refractivity contribution in [1.82, 2.24) is 10.2 Å². The molecule has 2 aliphatic rings. The molecule has 1 saturated carbocycles. The molecule has 0 radical (unpaired) electrons. The standard InChI is InChI=1S/C31H36F6N2O3/c1-3-38-28(40)21-9-11-22(12-10-21)29(41)39-14-13-27(26(18-39)20-7-5-4-6-8-20)42-19(2)23-15-24(30(32,33)34)17-25(16-23)31(35,36)37/h4-8,15-17,19,21-22,26-27H,3,9-14,18H2,1-2H3,(H,38,40)/t19-,21?,22?,26+,27+/m1/s1. The molecule has 0 aromatic heterocycles. The van der Waals surface area contributed by atoms with Gasteiger partial charge >= 0.3 is 12.4 Å². The van der Waals surface area contributed by atoms with Crippen molar-refractivity contribution in [2.45, 2.75) is 76.4 Å². The third kappa shape index (κ3) is 7.65. The molecule has 2 aromatic rings. The average Bonchev–Trinajstić information content (AvgIpc) is 2.96. The number of halogens is 6. The summed E-state index contributed by atoms with van der Waals surface area (Å²) in [5.41, 5.74) is -2.12. The maximum absolute atomic E-state index is 13.5.